The van der Waals surface area contributed by atoms with E-state index >= 15 is 0 Å². The lowest BCUT2D eigenvalue weighted by Gasteiger charge is -2.34. The van der Waals surface area contributed by atoms with Gasteiger partial charge in [-0.1, -0.05) is 47.1 Å². The molecule has 19 heavy (non-hydrogen) atoms. The Morgan fingerprint density at radius 1 is 1.32 bits per heavy atom. The highest BCUT2D eigenvalue weighted by Gasteiger charge is 2.24. The molecule has 2 aromatic rings. The number of rotatable bonds is 2. The van der Waals surface area contributed by atoms with Gasteiger partial charge in [-0.25, -0.2) is 0 Å². The maximum absolute atomic E-state index is 4.54. The molecule has 0 aliphatic carbocycles. The van der Waals surface area contributed by atoms with Gasteiger partial charge in [-0.15, -0.1) is 0 Å². The van der Waals surface area contributed by atoms with E-state index in [1.807, 2.05) is 12.3 Å². The summed E-state index contributed by atoms with van der Waals surface area (Å²) < 4.78 is 0. The first-order valence-corrected chi connectivity index (χ1v) is 7.84. The Morgan fingerprint density at radius 3 is 3.00 bits per heavy atom. The van der Waals surface area contributed by atoms with Crippen LogP contribution in [0.4, 0.5) is 0 Å². The molecule has 1 aromatic heterocycles. The van der Waals surface area contributed by atoms with Crippen LogP contribution in [0.2, 0.25) is 0 Å². The number of fused-ring (bicyclic) bond motifs is 1. The molecule has 1 aliphatic rings. The van der Waals surface area contributed by atoms with Crippen molar-refractivity contribution in [2.24, 2.45) is 5.92 Å². The molecule has 100 valence electrons. The molecule has 3 rings (SSSR count). The highest BCUT2D eigenvalue weighted by atomic mass is 79.9. The van der Waals surface area contributed by atoms with Crippen molar-refractivity contribution in [3.63, 3.8) is 0 Å². The Hall–Kier alpha value is -0.930. The molecule has 1 aromatic carbocycles. The largest absolute Gasteiger partial charge is 0.298 e. The quantitative estimate of drug-likeness (QED) is 0.782. The molecule has 2 heterocycles. The van der Waals surface area contributed by atoms with Gasteiger partial charge in [0, 0.05) is 29.5 Å². The third-order valence-electron chi connectivity index (χ3n) is 4.06. The molecule has 3 heteroatoms. The number of benzene rings is 1. The smallest absolute Gasteiger partial charge is 0.0746 e. The van der Waals surface area contributed by atoms with E-state index in [1.54, 1.807) is 0 Å². The van der Waals surface area contributed by atoms with Crippen LogP contribution >= 0.6 is 15.9 Å². The van der Waals surface area contributed by atoms with Crippen LogP contribution in [0.3, 0.4) is 0 Å². The molecule has 0 N–H and O–H groups in total. The predicted octanol–water partition coefficient (Wildman–Crippen LogP) is 3.84. The van der Waals surface area contributed by atoms with E-state index in [-0.39, 0.29) is 0 Å². The predicted molar refractivity (Wildman–Crippen MR) is 83.5 cm³/mol. The van der Waals surface area contributed by atoms with Gasteiger partial charge in [-0.05, 0) is 30.5 Å². The Balaban J connectivity index is 1.82. The van der Waals surface area contributed by atoms with Gasteiger partial charge in [0.15, 0.2) is 0 Å². The second-order valence-electron chi connectivity index (χ2n) is 5.51. The van der Waals surface area contributed by atoms with Crippen LogP contribution in [0.5, 0.6) is 0 Å². The lowest BCUT2D eigenvalue weighted by molar-refractivity contribution is 0.194. The average Bonchev–Trinajstić information content (AvgIpc) is 2.43. The van der Waals surface area contributed by atoms with Crippen LogP contribution in [0.1, 0.15) is 18.9 Å². The maximum atomic E-state index is 4.54. The molecule has 2 unspecified atom stereocenters. The number of nitrogens with zero attached hydrogens (tertiary/aromatic N) is 2. The number of likely N-dealkylation sites (tertiary alicyclic amines) is 1. The van der Waals surface area contributed by atoms with Gasteiger partial charge in [0.1, 0.15) is 0 Å². The van der Waals surface area contributed by atoms with Crippen LogP contribution in [0.15, 0.2) is 36.5 Å². The fraction of sp³-hybridized carbons (Fsp3) is 0.438. The maximum Gasteiger partial charge on any atom is 0.0746 e. The summed E-state index contributed by atoms with van der Waals surface area (Å²) in [6.07, 6.45) is 3.16. The van der Waals surface area contributed by atoms with Crippen molar-refractivity contribution < 1.29 is 0 Å². The zero-order valence-corrected chi connectivity index (χ0v) is 12.8. The minimum atomic E-state index is 0.615. The van der Waals surface area contributed by atoms with Crippen molar-refractivity contribution in [1.82, 2.24) is 9.88 Å². The van der Waals surface area contributed by atoms with Gasteiger partial charge >= 0.3 is 0 Å². The molecule has 1 aliphatic heterocycles. The van der Waals surface area contributed by atoms with Crippen LogP contribution in [0, 0.1) is 5.92 Å². The number of alkyl halides is 1. The molecule has 2 atom stereocenters. The number of para-hydroxylation sites is 1. The van der Waals surface area contributed by atoms with E-state index in [0.717, 1.165) is 24.5 Å². The van der Waals surface area contributed by atoms with E-state index in [0.29, 0.717) is 4.83 Å². The SMILES string of the molecule is CC1CCN(Cc2cccc3cccnc23)CC1Br. The van der Waals surface area contributed by atoms with Crippen LogP contribution < -0.4 is 0 Å². The van der Waals surface area contributed by atoms with Crippen LogP contribution in [-0.4, -0.2) is 27.8 Å². The first-order chi connectivity index (χ1) is 9.24. The number of pyridine rings is 1. The average molecular weight is 319 g/mol. The Morgan fingerprint density at radius 2 is 2.16 bits per heavy atom. The molecule has 0 bridgehead atoms. The summed E-state index contributed by atoms with van der Waals surface area (Å²) in [4.78, 5) is 7.69. The highest BCUT2D eigenvalue weighted by Crippen LogP contribution is 2.25. The summed E-state index contributed by atoms with van der Waals surface area (Å²) in [6, 6.07) is 10.6. The summed E-state index contributed by atoms with van der Waals surface area (Å²) in [7, 11) is 0. The fourth-order valence-corrected chi connectivity index (χ4v) is 3.44. The highest BCUT2D eigenvalue weighted by molar-refractivity contribution is 9.09. The first-order valence-electron chi connectivity index (χ1n) is 6.93. The summed E-state index contributed by atoms with van der Waals surface area (Å²) in [6.45, 7) is 5.65. The fourth-order valence-electron chi connectivity index (χ4n) is 2.76. The molecule has 0 spiro atoms. The summed E-state index contributed by atoms with van der Waals surface area (Å²) in [5, 5.41) is 1.24. The molecule has 1 fully saturated rings. The Labute approximate surface area is 123 Å². The van der Waals surface area contributed by atoms with Crippen molar-refractivity contribution in [1.29, 1.82) is 0 Å². The number of aromatic nitrogens is 1. The molecule has 2 nitrogen and oxygen atoms in total. The van der Waals surface area contributed by atoms with Gasteiger partial charge in [0.2, 0.25) is 0 Å². The number of hydrogen-bond acceptors (Lipinski definition) is 2. The third-order valence-corrected chi connectivity index (χ3v) is 5.25. The Kier molecular flexibility index (Phi) is 3.85. The van der Waals surface area contributed by atoms with Gasteiger partial charge in [-0.2, -0.15) is 0 Å². The summed E-state index contributed by atoms with van der Waals surface area (Å²) in [5.74, 6) is 0.780. The zero-order valence-electron chi connectivity index (χ0n) is 11.2. The number of piperidine rings is 1. The minimum absolute atomic E-state index is 0.615. The summed E-state index contributed by atoms with van der Waals surface area (Å²) >= 11 is 3.80. The molecule has 0 saturated carbocycles. The zero-order chi connectivity index (χ0) is 13.2. The van der Waals surface area contributed by atoms with Gasteiger partial charge in [0.05, 0.1) is 5.52 Å². The van der Waals surface area contributed by atoms with Crippen LogP contribution in [-0.2, 0) is 6.54 Å². The van der Waals surface area contributed by atoms with Crippen molar-refractivity contribution in [2.75, 3.05) is 13.1 Å². The molecule has 1 saturated heterocycles. The monoisotopic (exact) mass is 318 g/mol. The normalized spacial score (nSPS) is 24.7. The van der Waals surface area contributed by atoms with Crippen molar-refractivity contribution in [3.05, 3.63) is 42.1 Å². The van der Waals surface area contributed by atoms with Gasteiger partial charge < -0.3 is 0 Å². The third kappa shape index (κ3) is 2.82. The van der Waals surface area contributed by atoms with E-state index in [1.165, 1.54) is 23.9 Å². The topological polar surface area (TPSA) is 16.1 Å². The standard InChI is InChI=1S/C16H19BrN2/c1-12-7-9-19(11-15(12)17)10-14-5-2-4-13-6-3-8-18-16(13)14/h2-6,8,12,15H,7,9-11H2,1H3. The Bertz CT molecular complexity index is 564. The molecular formula is C16H19BrN2. The second-order valence-corrected chi connectivity index (χ2v) is 6.69. The second kappa shape index (κ2) is 5.59. The van der Waals surface area contributed by atoms with Crippen LogP contribution in [0.25, 0.3) is 10.9 Å². The van der Waals surface area contributed by atoms with E-state index in [4.69, 9.17) is 0 Å². The molecular weight excluding hydrogens is 300 g/mol. The lowest BCUT2D eigenvalue weighted by Crippen LogP contribution is -2.39. The van der Waals surface area contributed by atoms with Crippen molar-refractivity contribution in [2.45, 2.75) is 24.7 Å². The van der Waals surface area contributed by atoms with E-state index in [2.05, 4.69) is 57.0 Å². The van der Waals surface area contributed by atoms with Gasteiger partial charge in [0.25, 0.3) is 0 Å². The summed E-state index contributed by atoms with van der Waals surface area (Å²) in [5.41, 5.74) is 2.49. The lowest BCUT2D eigenvalue weighted by atomic mass is 9.98. The number of hydrogen-bond donors (Lipinski definition) is 0. The van der Waals surface area contributed by atoms with Crippen molar-refractivity contribution >= 4 is 26.8 Å². The molecule has 0 amide bonds. The first kappa shape index (κ1) is 13.1. The van der Waals surface area contributed by atoms with Gasteiger partial charge in [-0.3, -0.25) is 9.88 Å². The molecule has 0 radical (unpaired) electrons. The minimum Gasteiger partial charge on any atom is -0.298 e. The van der Waals surface area contributed by atoms with E-state index < -0.39 is 0 Å². The van der Waals surface area contributed by atoms with Crippen molar-refractivity contribution in [3.8, 4) is 0 Å². The van der Waals surface area contributed by atoms with E-state index in [9.17, 15) is 0 Å². The number of halogens is 1.